The van der Waals surface area contributed by atoms with Gasteiger partial charge in [-0.2, -0.15) is 0 Å². The van der Waals surface area contributed by atoms with Crippen LogP contribution in [0.2, 0.25) is 5.02 Å². The second-order valence-electron chi connectivity index (χ2n) is 4.69. The van der Waals surface area contributed by atoms with Gasteiger partial charge in [0.15, 0.2) is 5.16 Å². The number of benzene rings is 1. The van der Waals surface area contributed by atoms with Gasteiger partial charge in [-0.1, -0.05) is 35.5 Å². The van der Waals surface area contributed by atoms with E-state index in [2.05, 4.69) is 15.0 Å². The molecule has 0 aliphatic carbocycles. The summed E-state index contributed by atoms with van der Waals surface area (Å²) in [5.74, 6) is 0.763. The molecule has 0 aliphatic rings. The van der Waals surface area contributed by atoms with Gasteiger partial charge in [0.05, 0.1) is 21.7 Å². The van der Waals surface area contributed by atoms with E-state index < -0.39 is 0 Å². The number of hydrogen-bond acceptors (Lipinski definition) is 3. The number of aromatic nitrogens is 4. The molecule has 3 heterocycles. The number of fused-ring (bicyclic) bond motifs is 2. The highest BCUT2D eigenvalue weighted by molar-refractivity contribution is 7.98. The number of nitrogens with one attached hydrogen (secondary N) is 1. The van der Waals surface area contributed by atoms with Gasteiger partial charge in [0.2, 0.25) is 0 Å². The normalized spacial score (nSPS) is 11.5. The zero-order valence-electron chi connectivity index (χ0n) is 11.0. The number of hydrogen-bond donors (Lipinski definition) is 1. The Morgan fingerprint density at radius 1 is 1.10 bits per heavy atom. The second kappa shape index (κ2) is 5.09. The standard InChI is InChI=1S/C15H11ClN4S/c16-10-5-6-14-17-11(8-20(14)7-10)9-21-15-18-12-3-1-2-4-13(12)19-15/h1-8H,9H2,(H,18,19). The molecule has 1 aromatic carbocycles. The van der Waals surface area contributed by atoms with Crippen LogP contribution >= 0.6 is 23.4 Å². The number of aromatic amines is 1. The smallest absolute Gasteiger partial charge is 0.166 e. The molecule has 0 bridgehead atoms. The number of H-pyrrole nitrogens is 1. The van der Waals surface area contributed by atoms with Crippen LogP contribution in [-0.4, -0.2) is 19.4 Å². The quantitative estimate of drug-likeness (QED) is 0.578. The molecular weight excluding hydrogens is 304 g/mol. The van der Waals surface area contributed by atoms with Gasteiger partial charge in [-0.05, 0) is 24.3 Å². The number of imidazole rings is 2. The molecule has 6 heteroatoms. The van der Waals surface area contributed by atoms with Gasteiger partial charge in [-0.15, -0.1) is 0 Å². The summed E-state index contributed by atoms with van der Waals surface area (Å²) >= 11 is 7.62. The number of nitrogens with zero attached hydrogens (tertiary/aromatic N) is 3. The summed E-state index contributed by atoms with van der Waals surface area (Å²) < 4.78 is 1.94. The SMILES string of the molecule is Clc1ccc2nc(CSc3nc4ccccc4[nH]3)cn2c1. The number of halogens is 1. The van der Waals surface area contributed by atoms with Gasteiger partial charge in [0, 0.05) is 18.1 Å². The van der Waals surface area contributed by atoms with Crippen molar-refractivity contribution in [3.8, 4) is 0 Å². The fourth-order valence-corrected chi connectivity index (χ4v) is 3.16. The predicted octanol–water partition coefficient (Wildman–Crippen LogP) is 4.16. The number of para-hydroxylation sites is 2. The molecule has 4 nitrogen and oxygen atoms in total. The Hall–Kier alpha value is -1.98. The third-order valence-electron chi connectivity index (χ3n) is 3.19. The van der Waals surface area contributed by atoms with Gasteiger partial charge in [-0.25, -0.2) is 9.97 Å². The first kappa shape index (κ1) is 12.7. The third kappa shape index (κ3) is 2.50. The molecule has 0 spiro atoms. The van der Waals surface area contributed by atoms with Crippen LogP contribution in [-0.2, 0) is 5.75 Å². The van der Waals surface area contributed by atoms with Crippen molar-refractivity contribution in [2.24, 2.45) is 0 Å². The Morgan fingerprint density at radius 2 is 2.00 bits per heavy atom. The van der Waals surface area contributed by atoms with Crippen molar-refractivity contribution < 1.29 is 0 Å². The van der Waals surface area contributed by atoms with Gasteiger partial charge in [-0.3, -0.25) is 0 Å². The van der Waals surface area contributed by atoms with E-state index in [0.29, 0.717) is 5.02 Å². The maximum atomic E-state index is 5.98. The number of thioether (sulfide) groups is 1. The molecule has 21 heavy (non-hydrogen) atoms. The van der Waals surface area contributed by atoms with Crippen LogP contribution in [0.3, 0.4) is 0 Å². The molecule has 1 N–H and O–H groups in total. The average Bonchev–Trinajstić information content (AvgIpc) is 3.07. The third-order valence-corrected chi connectivity index (χ3v) is 4.32. The zero-order valence-corrected chi connectivity index (χ0v) is 12.5. The first-order chi connectivity index (χ1) is 10.3. The van der Waals surface area contributed by atoms with E-state index in [9.17, 15) is 0 Å². The summed E-state index contributed by atoms with van der Waals surface area (Å²) in [5.41, 5.74) is 3.95. The molecule has 0 aliphatic heterocycles. The first-order valence-electron chi connectivity index (χ1n) is 6.49. The van der Waals surface area contributed by atoms with E-state index in [1.165, 1.54) is 0 Å². The summed E-state index contributed by atoms with van der Waals surface area (Å²) in [6.07, 6.45) is 3.86. The summed E-state index contributed by atoms with van der Waals surface area (Å²) in [7, 11) is 0. The minimum absolute atomic E-state index is 0.705. The van der Waals surface area contributed by atoms with Crippen LogP contribution < -0.4 is 0 Å². The molecule has 0 fully saturated rings. The number of rotatable bonds is 3. The second-order valence-corrected chi connectivity index (χ2v) is 6.09. The molecule has 0 amide bonds. The van der Waals surface area contributed by atoms with Crippen molar-refractivity contribution in [3.05, 3.63) is 59.5 Å². The van der Waals surface area contributed by atoms with Crippen LogP contribution in [0.4, 0.5) is 0 Å². The van der Waals surface area contributed by atoms with E-state index >= 15 is 0 Å². The van der Waals surface area contributed by atoms with Crippen molar-refractivity contribution in [1.82, 2.24) is 19.4 Å². The fourth-order valence-electron chi connectivity index (χ4n) is 2.23. The molecule has 3 aromatic heterocycles. The number of pyridine rings is 1. The van der Waals surface area contributed by atoms with Crippen molar-refractivity contribution in [3.63, 3.8) is 0 Å². The Balaban J connectivity index is 1.57. The molecule has 104 valence electrons. The van der Waals surface area contributed by atoms with E-state index in [1.807, 2.05) is 53.2 Å². The largest absolute Gasteiger partial charge is 0.333 e. The van der Waals surface area contributed by atoms with E-state index in [-0.39, 0.29) is 0 Å². The molecule has 0 unspecified atom stereocenters. The van der Waals surface area contributed by atoms with E-state index in [1.54, 1.807) is 11.8 Å². The highest BCUT2D eigenvalue weighted by atomic mass is 35.5. The minimum atomic E-state index is 0.705. The van der Waals surface area contributed by atoms with Crippen LogP contribution in [0.5, 0.6) is 0 Å². The van der Waals surface area contributed by atoms with E-state index in [4.69, 9.17) is 11.6 Å². The van der Waals surface area contributed by atoms with E-state index in [0.717, 1.165) is 33.3 Å². The lowest BCUT2D eigenvalue weighted by Crippen LogP contribution is -1.81. The van der Waals surface area contributed by atoms with Crippen LogP contribution in [0.15, 0.2) is 53.9 Å². The maximum absolute atomic E-state index is 5.98. The highest BCUT2D eigenvalue weighted by Gasteiger charge is 2.06. The van der Waals surface area contributed by atoms with Crippen LogP contribution in [0, 0.1) is 0 Å². The van der Waals surface area contributed by atoms with Crippen LogP contribution in [0.25, 0.3) is 16.7 Å². The fraction of sp³-hybridized carbons (Fsp3) is 0.0667. The highest BCUT2D eigenvalue weighted by Crippen LogP contribution is 2.23. The van der Waals surface area contributed by atoms with Crippen molar-refractivity contribution in [1.29, 1.82) is 0 Å². The molecule has 0 saturated carbocycles. The Labute approximate surface area is 130 Å². The molecular formula is C15H11ClN4S. The summed E-state index contributed by atoms with van der Waals surface area (Å²) in [6, 6.07) is 11.8. The lowest BCUT2D eigenvalue weighted by molar-refractivity contribution is 1.07. The molecule has 0 atom stereocenters. The molecule has 0 radical (unpaired) electrons. The first-order valence-corrected chi connectivity index (χ1v) is 7.85. The average molecular weight is 315 g/mol. The van der Waals surface area contributed by atoms with Gasteiger partial charge in [0.25, 0.3) is 0 Å². The minimum Gasteiger partial charge on any atom is -0.333 e. The van der Waals surface area contributed by atoms with Crippen molar-refractivity contribution >= 4 is 40.0 Å². The topological polar surface area (TPSA) is 46.0 Å². The van der Waals surface area contributed by atoms with Crippen LogP contribution in [0.1, 0.15) is 5.69 Å². The Morgan fingerprint density at radius 3 is 2.90 bits per heavy atom. The maximum Gasteiger partial charge on any atom is 0.166 e. The van der Waals surface area contributed by atoms with Gasteiger partial charge in [0.1, 0.15) is 5.65 Å². The summed E-state index contributed by atoms with van der Waals surface area (Å²) in [6.45, 7) is 0. The van der Waals surface area contributed by atoms with Gasteiger partial charge < -0.3 is 9.38 Å². The zero-order chi connectivity index (χ0) is 14.2. The molecule has 4 rings (SSSR count). The lowest BCUT2D eigenvalue weighted by atomic mass is 10.3. The monoisotopic (exact) mass is 314 g/mol. The summed E-state index contributed by atoms with van der Waals surface area (Å²) in [4.78, 5) is 12.4. The van der Waals surface area contributed by atoms with Crippen molar-refractivity contribution in [2.45, 2.75) is 10.9 Å². The summed E-state index contributed by atoms with van der Waals surface area (Å²) in [5, 5.41) is 1.61. The van der Waals surface area contributed by atoms with Crippen molar-refractivity contribution in [2.75, 3.05) is 0 Å². The Bertz CT molecular complexity index is 895. The predicted molar refractivity (Wildman–Crippen MR) is 85.9 cm³/mol. The Kier molecular flexibility index (Phi) is 3.09. The molecule has 4 aromatic rings. The van der Waals surface area contributed by atoms with Gasteiger partial charge >= 0.3 is 0 Å². The molecule has 0 saturated heterocycles. The lowest BCUT2D eigenvalue weighted by Gasteiger charge is -1.92.